The van der Waals surface area contributed by atoms with Gasteiger partial charge in [0.1, 0.15) is 0 Å². The molecule has 4 heterocycles. The molecule has 3 atom stereocenters. The second-order valence-electron chi connectivity index (χ2n) is 8.25. The van der Waals surface area contributed by atoms with Gasteiger partial charge in [0.05, 0.1) is 5.60 Å². The van der Waals surface area contributed by atoms with Crippen LogP contribution in [0.2, 0.25) is 0 Å². The van der Waals surface area contributed by atoms with E-state index < -0.39 is 5.60 Å². The van der Waals surface area contributed by atoms with Gasteiger partial charge < -0.3 is 15.0 Å². The third kappa shape index (κ3) is 2.47. The summed E-state index contributed by atoms with van der Waals surface area (Å²) in [5.74, 6) is 0.476. The Morgan fingerprint density at radius 1 is 1.35 bits per heavy atom. The lowest BCUT2D eigenvalue weighted by molar-refractivity contribution is -0.0184. The third-order valence-electron chi connectivity index (χ3n) is 6.59. The van der Waals surface area contributed by atoms with Crippen LogP contribution in [0.3, 0.4) is 0 Å². The Labute approximate surface area is 154 Å². The van der Waals surface area contributed by atoms with Crippen molar-refractivity contribution in [2.75, 3.05) is 19.6 Å². The van der Waals surface area contributed by atoms with E-state index in [-0.39, 0.29) is 5.92 Å². The third-order valence-corrected chi connectivity index (χ3v) is 6.59. The van der Waals surface area contributed by atoms with Crippen LogP contribution in [0, 0.1) is 12.8 Å². The summed E-state index contributed by atoms with van der Waals surface area (Å²) in [5, 5.41) is 16.7. The number of aliphatic imine (C=N–C) groups is 1. The van der Waals surface area contributed by atoms with Crippen LogP contribution >= 0.6 is 0 Å². The molecular weight excluding hydrogens is 322 g/mol. The van der Waals surface area contributed by atoms with Crippen molar-refractivity contribution < 1.29 is 5.11 Å². The molecule has 1 aromatic heterocycles. The van der Waals surface area contributed by atoms with Crippen molar-refractivity contribution in [1.82, 2.24) is 9.88 Å². The molecule has 0 fully saturated rings. The highest BCUT2D eigenvalue weighted by molar-refractivity contribution is 5.87. The molecule has 0 spiro atoms. The lowest BCUT2D eigenvalue weighted by atomic mass is 9.76. The average Bonchev–Trinajstić information content (AvgIpc) is 2.76. The van der Waals surface area contributed by atoms with Crippen molar-refractivity contribution in [3.63, 3.8) is 0 Å². The molecule has 0 amide bonds. The molecule has 4 nitrogen and oxygen atoms in total. The molecule has 26 heavy (non-hydrogen) atoms. The van der Waals surface area contributed by atoms with Gasteiger partial charge in [-0.15, -0.1) is 0 Å². The molecule has 4 heteroatoms. The van der Waals surface area contributed by atoms with E-state index in [4.69, 9.17) is 0 Å². The summed E-state index contributed by atoms with van der Waals surface area (Å²) >= 11 is 0. The molecule has 0 saturated carbocycles. The zero-order chi connectivity index (χ0) is 17.7. The predicted molar refractivity (Wildman–Crippen MR) is 106 cm³/mol. The Hall–Kier alpha value is -1.91. The van der Waals surface area contributed by atoms with Gasteiger partial charge in [-0.25, -0.2) is 0 Å². The number of hydrogen-bond donors (Lipinski definition) is 2. The van der Waals surface area contributed by atoms with E-state index in [1.807, 2.05) is 12.3 Å². The van der Waals surface area contributed by atoms with Crippen LogP contribution in [0.1, 0.15) is 35.6 Å². The summed E-state index contributed by atoms with van der Waals surface area (Å²) in [6.45, 7) is 5.73. The Morgan fingerprint density at radius 3 is 3.12 bits per heavy atom. The lowest BCUT2D eigenvalue weighted by Crippen LogP contribution is -2.41. The molecule has 136 valence electrons. The fraction of sp³-hybridized carbons (Fsp3) is 0.500. The quantitative estimate of drug-likeness (QED) is 0.832. The number of aliphatic hydroxyl groups is 1. The van der Waals surface area contributed by atoms with Crippen LogP contribution in [0.4, 0.5) is 0 Å². The number of rotatable bonds is 1. The van der Waals surface area contributed by atoms with Crippen LogP contribution in [-0.2, 0) is 13.0 Å². The number of benzene rings is 1. The van der Waals surface area contributed by atoms with Crippen molar-refractivity contribution in [3.05, 3.63) is 47.2 Å². The summed E-state index contributed by atoms with van der Waals surface area (Å²) in [6, 6.07) is 6.84. The molecule has 0 saturated heterocycles. The van der Waals surface area contributed by atoms with Crippen molar-refractivity contribution >= 4 is 17.1 Å². The molecule has 0 aliphatic carbocycles. The Kier molecular flexibility index (Phi) is 3.80. The number of dihydropyridines is 1. The highest BCUT2D eigenvalue weighted by Crippen LogP contribution is 2.43. The maximum atomic E-state index is 11.6. The van der Waals surface area contributed by atoms with Crippen LogP contribution in [-0.4, -0.2) is 41.1 Å². The van der Waals surface area contributed by atoms with Gasteiger partial charge in [-0.3, -0.25) is 4.99 Å². The molecule has 2 aromatic rings. The summed E-state index contributed by atoms with van der Waals surface area (Å²) in [5.41, 5.74) is 4.95. The first-order chi connectivity index (χ1) is 12.7. The minimum atomic E-state index is -0.682. The Morgan fingerprint density at radius 2 is 2.27 bits per heavy atom. The molecule has 1 aromatic carbocycles. The van der Waals surface area contributed by atoms with Gasteiger partial charge >= 0.3 is 0 Å². The fourth-order valence-corrected chi connectivity index (χ4v) is 5.28. The number of nitrogens with one attached hydrogen (secondary N) is 1. The van der Waals surface area contributed by atoms with Crippen molar-refractivity contribution in [3.8, 4) is 0 Å². The summed E-state index contributed by atoms with van der Waals surface area (Å²) in [7, 11) is 0. The van der Waals surface area contributed by atoms with Crippen LogP contribution in [0.25, 0.3) is 10.9 Å². The Bertz CT molecular complexity index is 910. The van der Waals surface area contributed by atoms with E-state index in [0.29, 0.717) is 12.5 Å². The van der Waals surface area contributed by atoms with Crippen molar-refractivity contribution in [2.24, 2.45) is 10.9 Å². The number of allylic oxidation sites excluding steroid dienone is 1. The number of hydrogen-bond acceptors (Lipinski definition) is 3. The van der Waals surface area contributed by atoms with E-state index in [1.165, 1.54) is 27.7 Å². The van der Waals surface area contributed by atoms with E-state index in [9.17, 15) is 5.11 Å². The SMILES string of the molecule is Cc1ccc2c(c1)c1c3n2CCC(O)(C2C=CC=NC2)CC3CNCC1. The minimum Gasteiger partial charge on any atom is -0.389 e. The highest BCUT2D eigenvalue weighted by atomic mass is 16.3. The first-order valence-corrected chi connectivity index (χ1v) is 9.87. The van der Waals surface area contributed by atoms with E-state index in [2.05, 4.69) is 46.1 Å². The zero-order valence-electron chi connectivity index (χ0n) is 15.4. The van der Waals surface area contributed by atoms with Crippen LogP contribution < -0.4 is 5.32 Å². The monoisotopic (exact) mass is 349 g/mol. The lowest BCUT2D eigenvalue weighted by Gasteiger charge is -2.35. The maximum Gasteiger partial charge on any atom is 0.0751 e. The smallest absolute Gasteiger partial charge is 0.0751 e. The van der Waals surface area contributed by atoms with E-state index in [1.54, 1.807) is 0 Å². The fourth-order valence-electron chi connectivity index (χ4n) is 5.28. The molecule has 0 radical (unpaired) electrons. The van der Waals surface area contributed by atoms with E-state index >= 15 is 0 Å². The second-order valence-corrected chi connectivity index (χ2v) is 8.25. The largest absolute Gasteiger partial charge is 0.389 e. The number of aromatic nitrogens is 1. The second kappa shape index (κ2) is 6.07. The first-order valence-electron chi connectivity index (χ1n) is 9.87. The topological polar surface area (TPSA) is 49.5 Å². The number of fused-ring (bicyclic) bond motifs is 3. The van der Waals surface area contributed by atoms with Gasteiger partial charge in [0.15, 0.2) is 0 Å². The molecule has 2 N–H and O–H groups in total. The molecule has 3 aliphatic rings. The standard InChI is InChI=1S/C22H27N3O/c1-15-4-5-20-19(11-15)18-6-9-24-13-16-12-22(26,7-10-25(20)21(16)18)17-3-2-8-23-14-17/h2-5,8,11,16-17,24,26H,6-7,9-10,12-14H2,1H3. The molecule has 5 rings (SSSR count). The zero-order valence-corrected chi connectivity index (χ0v) is 15.4. The molecule has 3 unspecified atom stereocenters. The van der Waals surface area contributed by atoms with Crippen LogP contribution in [0.5, 0.6) is 0 Å². The van der Waals surface area contributed by atoms with E-state index in [0.717, 1.165) is 38.9 Å². The highest BCUT2D eigenvalue weighted by Gasteiger charge is 2.42. The predicted octanol–water partition coefficient (Wildman–Crippen LogP) is 2.96. The van der Waals surface area contributed by atoms with Gasteiger partial charge in [-0.2, -0.15) is 0 Å². The van der Waals surface area contributed by atoms with Gasteiger partial charge in [0.2, 0.25) is 0 Å². The average molecular weight is 349 g/mol. The maximum absolute atomic E-state index is 11.6. The van der Waals surface area contributed by atoms with Crippen molar-refractivity contribution in [1.29, 1.82) is 0 Å². The molecule has 0 bridgehead atoms. The molecular formula is C22H27N3O. The van der Waals surface area contributed by atoms with Crippen LogP contribution in [0.15, 0.2) is 35.3 Å². The van der Waals surface area contributed by atoms with Gasteiger partial charge in [-0.1, -0.05) is 17.7 Å². The summed E-state index contributed by atoms with van der Waals surface area (Å²) < 4.78 is 2.51. The molecule has 3 aliphatic heterocycles. The number of aryl methyl sites for hydroxylation is 2. The summed E-state index contributed by atoms with van der Waals surface area (Å²) in [6.07, 6.45) is 8.67. The normalized spacial score (nSPS) is 30.8. The first kappa shape index (κ1) is 16.3. The van der Waals surface area contributed by atoms with Gasteiger partial charge in [0.25, 0.3) is 0 Å². The van der Waals surface area contributed by atoms with Gasteiger partial charge in [0, 0.05) is 54.3 Å². The minimum absolute atomic E-state index is 0.123. The Balaban J connectivity index is 1.63. The summed E-state index contributed by atoms with van der Waals surface area (Å²) in [4.78, 5) is 4.41. The van der Waals surface area contributed by atoms with Crippen molar-refractivity contribution in [2.45, 2.75) is 44.2 Å². The van der Waals surface area contributed by atoms with Gasteiger partial charge in [-0.05, 0) is 56.5 Å². The number of nitrogens with zero attached hydrogens (tertiary/aromatic N) is 2.